The molecular weight excluding hydrogens is 362 g/mol. The third kappa shape index (κ3) is 5.78. The lowest BCUT2D eigenvalue weighted by molar-refractivity contribution is 0.0944. The summed E-state index contributed by atoms with van der Waals surface area (Å²) in [5.74, 6) is -0.173. The van der Waals surface area contributed by atoms with Gasteiger partial charge in [-0.25, -0.2) is 4.68 Å². The SMILES string of the molecule is CCCc1c(C(=O)NCC(C)NC)nnn1-c1ccc(C(C)(C)C)cc1.Cl. The highest BCUT2D eigenvalue weighted by Crippen LogP contribution is 2.24. The second-order valence-electron chi connectivity index (χ2n) is 7.74. The van der Waals surface area contributed by atoms with Crippen LogP contribution in [0.5, 0.6) is 0 Å². The van der Waals surface area contributed by atoms with Gasteiger partial charge in [0.2, 0.25) is 0 Å². The Morgan fingerprint density at radius 2 is 1.85 bits per heavy atom. The summed E-state index contributed by atoms with van der Waals surface area (Å²) in [4.78, 5) is 12.5. The highest BCUT2D eigenvalue weighted by molar-refractivity contribution is 5.93. The first-order chi connectivity index (χ1) is 12.3. The van der Waals surface area contributed by atoms with E-state index in [0.29, 0.717) is 12.2 Å². The minimum Gasteiger partial charge on any atom is -0.349 e. The van der Waals surface area contributed by atoms with Crippen molar-refractivity contribution in [1.82, 2.24) is 25.6 Å². The average Bonchev–Trinajstić information content (AvgIpc) is 3.02. The number of carbonyl (C=O) groups excluding carboxylic acids is 1. The smallest absolute Gasteiger partial charge is 0.273 e. The first-order valence-corrected chi connectivity index (χ1v) is 9.28. The van der Waals surface area contributed by atoms with E-state index in [1.807, 2.05) is 26.1 Å². The van der Waals surface area contributed by atoms with Gasteiger partial charge in [-0.05, 0) is 43.5 Å². The van der Waals surface area contributed by atoms with E-state index < -0.39 is 0 Å². The first-order valence-electron chi connectivity index (χ1n) is 9.28. The Bertz CT molecular complexity index is 734. The van der Waals surface area contributed by atoms with Crippen LogP contribution < -0.4 is 10.6 Å². The molecule has 2 aromatic rings. The van der Waals surface area contributed by atoms with E-state index in [4.69, 9.17) is 0 Å². The van der Waals surface area contributed by atoms with Crippen LogP contribution in [0.4, 0.5) is 0 Å². The molecule has 6 nitrogen and oxygen atoms in total. The quantitative estimate of drug-likeness (QED) is 0.757. The monoisotopic (exact) mass is 393 g/mol. The molecule has 0 saturated heterocycles. The van der Waals surface area contributed by atoms with Gasteiger partial charge in [0, 0.05) is 12.6 Å². The summed E-state index contributed by atoms with van der Waals surface area (Å²) in [7, 11) is 1.87. The molecule has 1 heterocycles. The minimum atomic E-state index is -0.173. The number of hydrogen-bond acceptors (Lipinski definition) is 4. The molecule has 0 fully saturated rings. The van der Waals surface area contributed by atoms with E-state index in [0.717, 1.165) is 24.2 Å². The summed E-state index contributed by atoms with van der Waals surface area (Å²) >= 11 is 0. The van der Waals surface area contributed by atoms with Gasteiger partial charge in [0.25, 0.3) is 5.91 Å². The molecule has 1 aromatic heterocycles. The molecule has 27 heavy (non-hydrogen) atoms. The second kappa shape index (κ2) is 9.85. The molecule has 0 radical (unpaired) electrons. The van der Waals surface area contributed by atoms with Crippen molar-refractivity contribution in [2.45, 2.75) is 58.9 Å². The van der Waals surface area contributed by atoms with Crippen molar-refractivity contribution in [3.63, 3.8) is 0 Å². The zero-order valence-corrected chi connectivity index (χ0v) is 18.0. The molecule has 1 amide bonds. The number of hydrogen-bond donors (Lipinski definition) is 2. The standard InChI is InChI=1S/C20H31N5O.ClH/c1-7-8-17-18(19(26)22-13-14(2)21-6)23-24-25(17)16-11-9-15(10-12-16)20(3,4)5;/h9-12,14,21H,7-8,13H2,1-6H3,(H,22,26);1H. The summed E-state index contributed by atoms with van der Waals surface area (Å²) in [5.41, 5.74) is 3.55. The van der Waals surface area contributed by atoms with Crippen LogP contribution in [-0.4, -0.2) is 40.5 Å². The third-order valence-electron chi connectivity index (χ3n) is 4.50. The molecule has 7 heteroatoms. The highest BCUT2D eigenvalue weighted by atomic mass is 35.5. The lowest BCUT2D eigenvalue weighted by Gasteiger charge is -2.19. The van der Waals surface area contributed by atoms with Crippen LogP contribution in [0.3, 0.4) is 0 Å². The van der Waals surface area contributed by atoms with E-state index in [2.05, 4.69) is 60.8 Å². The van der Waals surface area contributed by atoms with Crippen molar-refractivity contribution in [2.24, 2.45) is 0 Å². The van der Waals surface area contributed by atoms with Gasteiger partial charge in [-0.2, -0.15) is 0 Å². The highest BCUT2D eigenvalue weighted by Gasteiger charge is 2.21. The lowest BCUT2D eigenvalue weighted by Crippen LogP contribution is -2.37. The van der Waals surface area contributed by atoms with Crippen molar-refractivity contribution in [1.29, 1.82) is 0 Å². The summed E-state index contributed by atoms with van der Waals surface area (Å²) in [6, 6.07) is 8.51. The molecule has 0 spiro atoms. The van der Waals surface area contributed by atoms with Gasteiger partial charge in [-0.3, -0.25) is 4.79 Å². The van der Waals surface area contributed by atoms with Crippen LogP contribution in [0.1, 0.15) is 62.8 Å². The molecule has 1 atom stereocenters. The number of rotatable bonds is 7. The molecule has 1 unspecified atom stereocenters. The summed E-state index contributed by atoms with van der Waals surface area (Å²) in [5, 5.41) is 14.5. The van der Waals surface area contributed by atoms with Crippen molar-refractivity contribution < 1.29 is 4.79 Å². The Balaban J connectivity index is 0.00000364. The second-order valence-corrected chi connectivity index (χ2v) is 7.74. The van der Waals surface area contributed by atoms with Crippen molar-refractivity contribution >= 4 is 18.3 Å². The summed E-state index contributed by atoms with van der Waals surface area (Å²) in [6.07, 6.45) is 1.67. The Kier molecular flexibility index (Phi) is 8.44. The Morgan fingerprint density at radius 1 is 1.22 bits per heavy atom. The van der Waals surface area contributed by atoms with Crippen molar-refractivity contribution in [3.8, 4) is 5.69 Å². The molecule has 0 aliphatic carbocycles. The van der Waals surface area contributed by atoms with Gasteiger partial charge in [-0.1, -0.05) is 51.5 Å². The molecule has 0 bridgehead atoms. The van der Waals surface area contributed by atoms with Gasteiger partial charge in [0.1, 0.15) is 0 Å². The third-order valence-corrected chi connectivity index (χ3v) is 4.50. The van der Waals surface area contributed by atoms with Crippen LogP contribution in [0.2, 0.25) is 0 Å². The number of halogens is 1. The molecule has 150 valence electrons. The van der Waals surface area contributed by atoms with E-state index in [-0.39, 0.29) is 29.8 Å². The van der Waals surface area contributed by atoms with E-state index in [1.165, 1.54) is 5.56 Å². The normalized spacial score (nSPS) is 12.4. The van der Waals surface area contributed by atoms with Gasteiger partial charge in [-0.15, -0.1) is 17.5 Å². The largest absolute Gasteiger partial charge is 0.349 e. The first kappa shape index (κ1) is 23.1. The van der Waals surface area contributed by atoms with Gasteiger partial charge >= 0.3 is 0 Å². The number of carbonyl (C=O) groups is 1. The van der Waals surface area contributed by atoms with E-state index in [9.17, 15) is 4.79 Å². The zero-order valence-electron chi connectivity index (χ0n) is 17.2. The summed E-state index contributed by atoms with van der Waals surface area (Å²) in [6.45, 7) is 11.2. The Hall–Kier alpha value is -1.92. The number of nitrogens with one attached hydrogen (secondary N) is 2. The molecule has 2 N–H and O–H groups in total. The molecule has 1 aromatic carbocycles. The van der Waals surface area contributed by atoms with E-state index in [1.54, 1.807) is 4.68 Å². The maximum Gasteiger partial charge on any atom is 0.273 e. The summed E-state index contributed by atoms with van der Waals surface area (Å²) < 4.78 is 1.78. The average molecular weight is 394 g/mol. The fourth-order valence-electron chi connectivity index (χ4n) is 2.68. The Labute approximate surface area is 168 Å². The van der Waals surface area contributed by atoms with Crippen LogP contribution >= 0.6 is 12.4 Å². The number of likely N-dealkylation sites (N-methyl/N-ethyl adjacent to an activating group) is 1. The molecule has 0 aliphatic rings. The maximum atomic E-state index is 12.5. The fourth-order valence-corrected chi connectivity index (χ4v) is 2.68. The molecule has 2 rings (SSSR count). The lowest BCUT2D eigenvalue weighted by atomic mass is 9.87. The van der Waals surface area contributed by atoms with Crippen LogP contribution in [0, 0.1) is 0 Å². The van der Waals surface area contributed by atoms with Crippen molar-refractivity contribution in [3.05, 3.63) is 41.2 Å². The number of nitrogens with zero attached hydrogens (tertiary/aromatic N) is 3. The topological polar surface area (TPSA) is 71.8 Å². The van der Waals surface area contributed by atoms with Crippen molar-refractivity contribution in [2.75, 3.05) is 13.6 Å². The number of aromatic nitrogens is 3. The fraction of sp³-hybridized carbons (Fsp3) is 0.550. The Morgan fingerprint density at radius 3 is 2.37 bits per heavy atom. The molecule has 0 aliphatic heterocycles. The number of amides is 1. The van der Waals surface area contributed by atoms with Gasteiger partial charge < -0.3 is 10.6 Å². The molecular formula is C20H32ClN5O. The molecule has 0 saturated carbocycles. The predicted octanol–water partition coefficient (Wildman–Crippen LogP) is 3.28. The van der Waals surface area contributed by atoms with Gasteiger partial charge in [0.05, 0.1) is 11.4 Å². The zero-order chi connectivity index (χ0) is 19.3. The van der Waals surface area contributed by atoms with Crippen LogP contribution in [-0.2, 0) is 11.8 Å². The van der Waals surface area contributed by atoms with Crippen LogP contribution in [0.15, 0.2) is 24.3 Å². The minimum absolute atomic E-state index is 0. The predicted molar refractivity (Wildman–Crippen MR) is 112 cm³/mol. The maximum absolute atomic E-state index is 12.5. The van der Waals surface area contributed by atoms with E-state index >= 15 is 0 Å². The number of benzene rings is 1. The van der Waals surface area contributed by atoms with Gasteiger partial charge in [0.15, 0.2) is 5.69 Å². The van der Waals surface area contributed by atoms with Crippen LogP contribution in [0.25, 0.3) is 5.69 Å².